The Balaban J connectivity index is 0.00000361. The number of benzene rings is 1. The molecule has 0 heterocycles. The van der Waals surface area contributed by atoms with E-state index in [1.807, 2.05) is 0 Å². The number of hydrogen-bond acceptors (Lipinski definition) is 5. The van der Waals surface area contributed by atoms with Crippen LogP contribution in [0.1, 0.15) is 6.92 Å². The molecule has 0 saturated heterocycles. The number of carbonyl (C=O) groups excluding carboxylic acids is 1. The molecule has 0 aliphatic rings. The summed E-state index contributed by atoms with van der Waals surface area (Å²) in [5.41, 5.74) is 5.42. The first-order valence-electron chi connectivity index (χ1n) is 5.96. The van der Waals surface area contributed by atoms with Crippen LogP contribution in [0.2, 0.25) is 0 Å². The average molecular weight is 305 g/mol. The summed E-state index contributed by atoms with van der Waals surface area (Å²) < 4.78 is 15.8. The maximum atomic E-state index is 11.2. The van der Waals surface area contributed by atoms with Crippen molar-refractivity contribution < 1.29 is 19.0 Å². The van der Waals surface area contributed by atoms with E-state index in [1.54, 1.807) is 39.3 Å². The van der Waals surface area contributed by atoms with Gasteiger partial charge in [-0.05, 0) is 6.92 Å². The monoisotopic (exact) mass is 304 g/mol. The minimum absolute atomic E-state index is 0. The average Bonchev–Trinajstić information content (AvgIpc) is 2.42. The van der Waals surface area contributed by atoms with Crippen molar-refractivity contribution in [3.05, 3.63) is 18.2 Å². The maximum absolute atomic E-state index is 11.2. The van der Waals surface area contributed by atoms with Crippen LogP contribution in [-0.2, 0) is 4.79 Å². The summed E-state index contributed by atoms with van der Waals surface area (Å²) in [5, 5.41) is 2.66. The molecule has 1 amide bonds. The number of methoxy groups -OCH3 is 2. The fourth-order valence-electron chi connectivity index (χ4n) is 1.37. The van der Waals surface area contributed by atoms with E-state index in [4.69, 9.17) is 19.9 Å². The summed E-state index contributed by atoms with van der Waals surface area (Å²) in [6.45, 7) is 2.36. The van der Waals surface area contributed by atoms with Gasteiger partial charge in [-0.2, -0.15) is 0 Å². The van der Waals surface area contributed by atoms with Crippen LogP contribution >= 0.6 is 12.4 Å². The van der Waals surface area contributed by atoms with Crippen molar-refractivity contribution in [2.24, 2.45) is 5.73 Å². The zero-order valence-corrected chi connectivity index (χ0v) is 12.7. The Morgan fingerprint density at radius 3 is 2.15 bits per heavy atom. The van der Waals surface area contributed by atoms with Gasteiger partial charge in [0.05, 0.1) is 26.8 Å². The zero-order valence-electron chi connectivity index (χ0n) is 11.8. The molecule has 114 valence electrons. The minimum atomic E-state index is -0.517. The molecule has 0 fully saturated rings. The molecule has 6 nitrogen and oxygen atoms in total. The molecule has 20 heavy (non-hydrogen) atoms. The number of ether oxygens (including phenoxy) is 3. The second kappa shape index (κ2) is 9.28. The van der Waals surface area contributed by atoms with Crippen LogP contribution < -0.4 is 25.3 Å². The van der Waals surface area contributed by atoms with E-state index in [9.17, 15) is 4.79 Å². The fourth-order valence-corrected chi connectivity index (χ4v) is 1.37. The van der Waals surface area contributed by atoms with E-state index < -0.39 is 6.04 Å². The van der Waals surface area contributed by atoms with Crippen molar-refractivity contribution in [2.45, 2.75) is 13.0 Å². The number of nitrogens with one attached hydrogen (secondary N) is 1. The van der Waals surface area contributed by atoms with E-state index >= 15 is 0 Å². The van der Waals surface area contributed by atoms with Crippen molar-refractivity contribution in [1.29, 1.82) is 0 Å². The fraction of sp³-hybridized carbons (Fsp3) is 0.462. The second-order valence-electron chi connectivity index (χ2n) is 3.98. The molecule has 1 aromatic rings. The van der Waals surface area contributed by atoms with Gasteiger partial charge in [-0.3, -0.25) is 4.79 Å². The Morgan fingerprint density at radius 2 is 1.70 bits per heavy atom. The standard InChI is InChI=1S/C13H20N2O4.ClH/c1-9(14)13(16)15-4-5-19-12-7-10(17-2)6-11(8-12)18-3;/h6-9H,4-5,14H2,1-3H3,(H,15,16);1H. The van der Waals surface area contributed by atoms with Crippen molar-refractivity contribution in [3.8, 4) is 17.2 Å². The minimum Gasteiger partial charge on any atom is -0.496 e. The number of amides is 1. The van der Waals surface area contributed by atoms with Crippen LogP contribution in [0, 0.1) is 0 Å². The zero-order chi connectivity index (χ0) is 14.3. The van der Waals surface area contributed by atoms with Gasteiger partial charge in [0.15, 0.2) is 0 Å². The number of carbonyl (C=O) groups is 1. The third kappa shape index (κ3) is 5.99. The largest absolute Gasteiger partial charge is 0.496 e. The van der Waals surface area contributed by atoms with E-state index in [-0.39, 0.29) is 18.3 Å². The predicted molar refractivity (Wildman–Crippen MR) is 78.9 cm³/mol. The molecule has 1 rings (SSSR count). The number of rotatable bonds is 7. The quantitative estimate of drug-likeness (QED) is 0.733. The van der Waals surface area contributed by atoms with Gasteiger partial charge in [0.1, 0.15) is 23.9 Å². The molecule has 0 radical (unpaired) electrons. The summed E-state index contributed by atoms with van der Waals surface area (Å²) in [4.78, 5) is 11.2. The Bertz CT molecular complexity index is 405. The highest BCUT2D eigenvalue weighted by Gasteiger charge is 2.06. The molecule has 0 bridgehead atoms. The van der Waals surface area contributed by atoms with Gasteiger partial charge in [-0.15, -0.1) is 12.4 Å². The van der Waals surface area contributed by atoms with E-state index in [0.717, 1.165) is 0 Å². The van der Waals surface area contributed by atoms with Crippen LogP contribution in [-0.4, -0.2) is 39.3 Å². The van der Waals surface area contributed by atoms with Crippen LogP contribution in [0.5, 0.6) is 17.2 Å². The highest BCUT2D eigenvalue weighted by molar-refractivity contribution is 5.85. The summed E-state index contributed by atoms with van der Waals surface area (Å²) in [7, 11) is 3.14. The second-order valence-corrected chi connectivity index (χ2v) is 3.98. The highest BCUT2D eigenvalue weighted by Crippen LogP contribution is 2.27. The first-order chi connectivity index (χ1) is 9.06. The summed E-state index contributed by atoms with van der Waals surface area (Å²) in [6.07, 6.45) is 0. The lowest BCUT2D eigenvalue weighted by Gasteiger charge is -2.11. The van der Waals surface area contributed by atoms with Crippen LogP contribution in [0.3, 0.4) is 0 Å². The highest BCUT2D eigenvalue weighted by atomic mass is 35.5. The Morgan fingerprint density at radius 1 is 1.20 bits per heavy atom. The Kier molecular flexibility index (Phi) is 8.51. The topological polar surface area (TPSA) is 82.8 Å². The Labute approximate surface area is 125 Å². The van der Waals surface area contributed by atoms with Gasteiger partial charge >= 0.3 is 0 Å². The predicted octanol–water partition coefficient (Wildman–Crippen LogP) is 0.968. The number of hydrogen-bond donors (Lipinski definition) is 2. The molecule has 0 saturated carbocycles. The lowest BCUT2D eigenvalue weighted by Crippen LogP contribution is -2.40. The molecule has 1 unspecified atom stereocenters. The summed E-state index contributed by atoms with van der Waals surface area (Å²) in [6, 6.07) is 4.73. The third-order valence-corrected chi connectivity index (χ3v) is 2.41. The molecule has 0 aliphatic carbocycles. The summed E-state index contributed by atoms with van der Waals surface area (Å²) >= 11 is 0. The maximum Gasteiger partial charge on any atom is 0.236 e. The molecule has 0 spiro atoms. The molecule has 3 N–H and O–H groups in total. The van der Waals surface area contributed by atoms with Gasteiger partial charge in [-0.1, -0.05) is 0 Å². The van der Waals surface area contributed by atoms with Crippen LogP contribution in [0.4, 0.5) is 0 Å². The van der Waals surface area contributed by atoms with E-state index in [2.05, 4.69) is 5.32 Å². The van der Waals surface area contributed by atoms with Gasteiger partial charge in [0.25, 0.3) is 0 Å². The summed E-state index contributed by atoms with van der Waals surface area (Å²) in [5.74, 6) is 1.71. The molecule has 0 aliphatic heterocycles. The molecule has 1 atom stereocenters. The van der Waals surface area contributed by atoms with Crippen LogP contribution in [0.15, 0.2) is 18.2 Å². The third-order valence-electron chi connectivity index (χ3n) is 2.41. The number of nitrogens with two attached hydrogens (primary N) is 1. The van der Waals surface area contributed by atoms with Crippen molar-refractivity contribution in [3.63, 3.8) is 0 Å². The molecule has 7 heteroatoms. The number of halogens is 1. The molecular formula is C13H21ClN2O4. The van der Waals surface area contributed by atoms with Gasteiger partial charge in [0, 0.05) is 18.2 Å². The first-order valence-corrected chi connectivity index (χ1v) is 5.96. The van der Waals surface area contributed by atoms with Crippen LogP contribution in [0.25, 0.3) is 0 Å². The van der Waals surface area contributed by atoms with Gasteiger partial charge < -0.3 is 25.3 Å². The molecular weight excluding hydrogens is 284 g/mol. The first kappa shape index (κ1) is 18.3. The SMILES string of the molecule is COc1cc(OC)cc(OCCNC(=O)C(C)N)c1.Cl. The van der Waals surface area contributed by atoms with E-state index in [0.29, 0.717) is 30.4 Å². The van der Waals surface area contributed by atoms with E-state index in [1.165, 1.54) is 0 Å². The smallest absolute Gasteiger partial charge is 0.236 e. The molecule has 0 aromatic heterocycles. The van der Waals surface area contributed by atoms with Gasteiger partial charge in [-0.25, -0.2) is 0 Å². The van der Waals surface area contributed by atoms with Crippen molar-refractivity contribution in [1.82, 2.24) is 5.32 Å². The molecule has 1 aromatic carbocycles. The lowest BCUT2D eigenvalue weighted by molar-refractivity contribution is -0.122. The lowest BCUT2D eigenvalue weighted by atomic mass is 10.3. The Hall–Kier alpha value is -1.66. The normalized spacial score (nSPS) is 11.0. The van der Waals surface area contributed by atoms with Crippen molar-refractivity contribution in [2.75, 3.05) is 27.4 Å². The van der Waals surface area contributed by atoms with Gasteiger partial charge in [0.2, 0.25) is 5.91 Å². The van der Waals surface area contributed by atoms with Crippen molar-refractivity contribution >= 4 is 18.3 Å².